The van der Waals surface area contributed by atoms with Crippen LogP contribution in [0.4, 0.5) is 20.7 Å². The molecular weight excluding hydrogens is 397 g/mol. The van der Waals surface area contributed by atoms with Gasteiger partial charge in [0.05, 0.1) is 0 Å². The van der Waals surface area contributed by atoms with Gasteiger partial charge in [-0.3, -0.25) is 9.91 Å². The normalized spacial score (nSPS) is 10.6. The molecule has 2 amide bonds. The Morgan fingerprint density at radius 2 is 1.90 bits per heavy atom. The van der Waals surface area contributed by atoms with Crippen LogP contribution in [0, 0.1) is 23.1 Å². The first-order valence-corrected chi connectivity index (χ1v) is 10.5. The minimum atomic E-state index is -0.362. The third-order valence-electron chi connectivity index (χ3n) is 4.52. The molecule has 2 aromatic rings. The Morgan fingerprint density at radius 1 is 1.19 bits per heavy atom. The number of nitrogens with one attached hydrogen (secondary N) is 1. The van der Waals surface area contributed by atoms with E-state index in [-0.39, 0.29) is 23.6 Å². The first kappa shape index (κ1) is 24.0. The van der Waals surface area contributed by atoms with Gasteiger partial charge >= 0.3 is 6.03 Å². The number of unbranched alkanes of at least 4 members (excludes halogenated alkanes) is 3. The molecule has 3 N–H and O–H groups in total. The molecule has 0 bridgehead atoms. The Kier molecular flexibility index (Phi) is 9.65. The van der Waals surface area contributed by atoms with Crippen LogP contribution in [0.3, 0.4) is 0 Å². The molecule has 0 radical (unpaired) electrons. The lowest BCUT2D eigenvalue weighted by Crippen LogP contribution is -2.51. The molecule has 0 fully saturated rings. The Hall–Kier alpha value is -3.25. The number of hydrogen-bond acceptors (Lipinski definition) is 6. The number of hydrazine groups is 1. The molecule has 1 heterocycles. The second-order valence-electron chi connectivity index (χ2n) is 7.60. The molecule has 0 unspecified atom stereocenters. The van der Waals surface area contributed by atoms with Crippen molar-refractivity contribution in [2.75, 3.05) is 29.5 Å². The lowest BCUT2D eigenvalue weighted by Gasteiger charge is -2.30. The Balaban J connectivity index is 2.20. The molecule has 9 heteroatoms. The summed E-state index contributed by atoms with van der Waals surface area (Å²) < 4.78 is 13.4. The number of anilines is 2. The smallest absolute Gasteiger partial charge is 0.330 e. The van der Waals surface area contributed by atoms with E-state index in [2.05, 4.69) is 15.4 Å². The maximum absolute atomic E-state index is 13.4. The molecule has 0 spiro atoms. The summed E-state index contributed by atoms with van der Waals surface area (Å²) in [4.78, 5) is 22.9. The molecule has 0 aliphatic heterocycles. The summed E-state index contributed by atoms with van der Waals surface area (Å²) in [7, 11) is 0. The van der Waals surface area contributed by atoms with E-state index in [0.29, 0.717) is 31.1 Å². The van der Waals surface area contributed by atoms with Crippen molar-refractivity contribution >= 4 is 17.5 Å². The highest BCUT2D eigenvalue weighted by atomic mass is 19.1. The van der Waals surface area contributed by atoms with Crippen LogP contribution in [0.5, 0.6) is 0 Å². The topological polar surface area (TPSA) is 111 Å². The number of nitrogens with two attached hydrogens (primary N) is 1. The summed E-state index contributed by atoms with van der Waals surface area (Å²) in [5, 5.41) is 10.7. The predicted octanol–water partition coefficient (Wildman–Crippen LogP) is 3.60. The lowest BCUT2D eigenvalue weighted by atomic mass is 10.2. The van der Waals surface area contributed by atoms with Gasteiger partial charge in [0.1, 0.15) is 11.9 Å². The second-order valence-corrected chi connectivity index (χ2v) is 7.60. The van der Waals surface area contributed by atoms with Crippen LogP contribution in [-0.2, 0) is 0 Å². The summed E-state index contributed by atoms with van der Waals surface area (Å²) in [6.45, 7) is 5.64. The van der Waals surface area contributed by atoms with Gasteiger partial charge < -0.3 is 5.73 Å². The first-order valence-electron chi connectivity index (χ1n) is 10.5. The summed E-state index contributed by atoms with van der Waals surface area (Å²) in [5.41, 5.74) is 9.04. The number of rotatable bonds is 11. The molecule has 8 nitrogen and oxygen atoms in total. The summed E-state index contributed by atoms with van der Waals surface area (Å²) in [6.07, 6.45) is 5.15. The fourth-order valence-corrected chi connectivity index (χ4v) is 3.03. The molecule has 0 atom stereocenters. The average molecular weight is 428 g/mol. The monoisotopic (exact) mass is 427 g/mol. The number of amides is 2. The number of nitrogens with zero attached hydrogens (tertiary/aromatic N) is 5. The zero-order valence-electron chi connectivity index (χ0n) is 18.1. The van der Waals surface area contributed by atoms with Crippen molar-refractivity contribution in [3.8, 4) is 6.07 Å². The van der Waals surface area contributed by atoms with E-state index in [9.17, 15) is 9.18 Å². The minimum Gasteiger partial charge on any atom is -0.330 e. The SMILES string of the molecule is CC(C)CN(NC(=O)N(CCCCCCN)c1ccc(F)cc1)c1ccnc(C#N)n1. The summed E-state index contributed by atoms with van der Waals surface area (Å²) in [6, 6.07) is 9.02. The van der Waals surface area contributed by atoms with Crippen LogP contribution in [0.2, 0.25) is 0 Å². The van der Waals surface area contributed by atoms with Gasteiger partial charge in [-0.15, -0.1) is 0 Å². The number of carbonyl (C=O) groups excluding carboxylic acids is 1. The molecular formula is C22H30FN7O. The van der Waals surface area contributed by atoms with Gasteiger partial charge in [0, 0.05) is 31.0 Å². The number of carbonyl (C=O) groups is 1. The van der Waals surface area contributed by atoms with Crippen LogP contribution in [0.25, 0.3) is 0 Å². The van der Waals surface area contributed by atoms with Crippen LogP contribution >= 0.6 is 0 Å². The highest BCUT2D eigenvalue weighted by molar-refractivity contribution is 5.92. The average Bonchev–Trinajstić information content (AvgIpc) is 2.76. The maximum Gasteiger partial charge on any atom is 0.340 e. The number of nitriles is 1. The fourth-order valence-electron chi connectivity index (χ4n) is 3.03. The van der Waals surface area contributed by atoms with Gasteiger partial charge in [-0.1, -0.05) is 26.7 Å². The van der Waals surface area contributed by atoms with Crippen molar-refractivity contribution in [2.45, 2.75) is 39.5 Å². The number of hydrogen-bond donors (Lipinski definition) is 2. The quantitative estimate of drug-likeness (QED) is 0.419. The van der Waals surface area contributed by atoms with Crippen molar-refractivity contribution in [3.63, 3.8) is 0 Å². The van der Waals surface area contributed by atoms with E-state index in [0.717, 1.165) is 25.7 Å². The van der Waals surface area contributed by atoms with Crippen LogP contribution in [0.1, 0.15) is 45.4 Å². The molecule has 166 valence electrons. The van der Waals surface area contributed by atoms with E-state index < -0.39 is 0 Å². The molecule has 1 aromatic carbocycles. The number of benzene rings is 1. The number of halogens is 1. The molecule has 2 rings (SSSR count). The van der Waals surface area contributed by atoms with Crippen molar-refractivity contribution in [2.24, 2.45) is 11.7 Å². The van der Waals surface area contributed by atoms with Crippen LogP contribution < -0.4 is 21.1 Å². The highest BCUT2D eigenvalue weighted by Crippen LogP contribution is 2.18. The Morgan fingerprint density at radius 3 is 2.55 bits per heavy atom. The second kappa shape index (κ2) is 12.4. The standard InChI is InChI=1S/C22H30FN7O/c1-17(2)16-30(21-11-13-26-20(15-25)27-21)28-22(31)29(14-6-4-3-5-12-24)19-9-7-18(23)8-10-19/h7-11,13,17H,3-6,12,14,16,24H2,1-2H3,(H,28,31). The van der Waals surface area contributed by atoms with Crippen molar-refractivity contribution in [1.82, 2.24) is 15.4 Å². The van der Waals surface area contributed by atoms with Gasteiger partial charge in [0.2, 0.25) is 5.82 Å². The maximum atomic E-state index is 13.4. The third-order valence-corrected chi connectivity index (χ3v) is 4.52. The number of urea groups is 1. The largest absolute Gasteiger partial charge is 0.340 e. The minimum absolute atomic E-state index is 0.0239. The molecule has 31 heavy (non-hydrogen) atoms. The highest BCUT2D eigenvalue weighted by Gasteiger charge is 2.20. The molecule has 0 aliphatic carbocycles. The lowest BCUT2D eigenvalue weighted by molar-refractivity contribution is 0.244. The Labute approximate surface area is 182 Å². The predicted molar refractivity (Wildman–Crippen MR) is 119 cm³/mol. The zero-order chi connectivity index (χ0) is 22.6. The van der Waals surface area contributed by atoms with E-state index in [1.807, 2.05) is 19.9 Å². The zero-order valence-corrected chi connectivity index (χ0v) is 18.1. The summed E-state index contributed by atoms with van der Waals surface area (Å²) >= 11 is 0. The number of aromatic nitrogens is 2. The van der Waals surface area contributed by atoms with Crippen LogP contribution in [0.15, 0.2) is 36.5 Å². The van der Waals surface area contributed by atoms with Crippen molar-refractivity contribution in [3.05, 3.63) is 48.2 Å². The van der Waals surface area contributed by atoms with Gasteiger partial charge in [0.15, 0.2) is 5.82 Å². The molecule has 0 saturated carbocycles. The van der Waals surface area contributed by atoms with Gasteiger partial charge in [-0.25, -0.2) is 19.6 Å². The molecule has 0 aliphatic rings. The van der Waals surface area contributed by atoms with Crippen LogP contribution in [-0.4, -0.2) is 35.6 Å². The molecule has 0 saturated heterocycles. The van der Waals surface area contributed by atoms with E-state index in [1.54, 1.807) is 28.1 Å². The van der Waals surface area contributed by atoms with E-state index in [4.69, 9.17) is 11.0 Å². The van der Waals surface area contributed by atoms with E-state index in [1.165, 1.54) is 18.3 Å². The molecule has 1 aromatic heterocycles. The van der Waals surface area contributed by atoms with Gasteiger partial charge in [0.25, 0.3) is 0 Å². The van der Waals surface area contributed by atoms with Gasteiger partial charge in [-0.2, -0.15) is 10.2 Å². The van der Waals surface area contributed by atoms with E-state index >= 15 is 0 Å². The first-order chi connectivity index (χ1) is 14.9. The fraction of sp³-hybridized carbons (Fsp3) is 0.455. The van der Waals surface area contributed by atoms with Gasteiger partial charge in [-0.05, 0) is 49.6 Å². The third kappa shape index (κ3) is 7.83. The van der Waals surface area contributed by atoms with Crippen molar-refractivity contribution in [1.29, 1.82) is 5.26 Å². The summed E-state index contributed by atoms with van der Waals surface area (Å²) in [5.74, 6) is 0.307. The Bertz CT molecular complexity index is 867. The van der Waals surface area contributed by atoms with Crippen molar-refractivity contribution < 1.29 is 9.18 Å².